The van der Waals surface area contributed by atoms with Gasteiger partial charge in [-0.2, -0.15) is 5.10 Å². The first-order chi connectivity index (χ1) is 8.60. The van der Waals surface area contributed by atoms with Crippen LogP contribution in [0.15, 0.2) is 11.0 Å². The van der Waals surface area contributed by atoms with Crippen molar-refractivity contribution >= 4 is 17.3 Å². The molecule has 7 heteroatoms. The number of hydrogen-bond donors (Lipinski definition) is 2. The average Bonchev–Trinajstić information content (AvgIpc) is 2.35. The topological polar surface area (TPSA) is 76.4 Å². The minimum Gasteiger partial charge on any atom is -0.394 e. The van der Waals surface area contributed by atoms with Crippen LogP contribution in [0.2, 0.25) is 5.02 Å². The number of aliphatic hydroxyl groups is 1. The highest BCUT2D eigenvalue weighted by Gasteiger charge is 2.09. The molecule has 1 unspecified atom stereocenters. The molecule has 0 amide bonds. The van der Waals surface area contributed by atoms with Crippen molar-refractivity contribution in [1.29, 1.82) is 0 Å². The second-order valence-corrected chi connectivity index (χ2v) is 4.15. The van der Waals surface area contributed by atoms with Crippen molar-refractivity contribution in [2.24, 2.45) is 0 Å². The first-order valence-corrected chi connectivity index (χ1v) is 6.19. The van der Waals surface area contributed by atoms with E-state index in [0.717, 1.165) is 4.68 Å². The average molecular weight is 276 g/mol. The van der Waals surface area contributed by atoms with Crippen molar-refractivity contribution in [2.75, 3.05) is 25.1 Å². The fourth-order valence-corrected chi connectivity index (χ4v) is 1.65. The van der Waals surface area contributed by atoms with Crippen LogP contribution in [0, 0.1) is 0 Å². The minimum atomic E-state index is -0.417. The maximum Gasteiger partial charge on any atom is 0.287 e. The molecule has 0 aliphatic rings. The van der Waals surface area contributed by atoms with Gasteiger partial charge in [0.25, 0.3) is 5.56 Å². The Hall–Kier alpha value is -1.11. The van der Waals surface area contributed by atoms with E-state index in [1.54, 1.807) is 0 Å². The van der Waals surface area contributed by atoms with Gasteiger partial charge < -0.3 is 15.2 Å². The summed E-state index contributed by atoms with van der Waals surface area (Å²) in [5, 5.41) is 15.8. The highest BCUT2D eigenvalue weighted by atomic mass is 35.5. The van der Waals surface area contributed by atoms with E-state index in [-0.39, 0.29) is 24.3 Å². The molecule has 102 valence electrons. The quantitative estimate of drug-likeness (QED) is 0.767. The van der Waals surface area contributed by atoms with Crippen molar-refractivity contribution in [2.45, 2.75) is 26.5 Å². The van der Waals surface area contributed by atoms with Crippen LogP contribution in [0.3, 0.4) is 0 Å². The lowest BCUT2D eigenvalue weighted by atomic mass is 10.3. The van der Waals surface area contributed by atoms with Crippen LogP contribution < -0.4 is 10.9 Å². The third-order valence-corrected chi connectivity index (χ3v) is 2.69. The van der Waals surface area contributed by atoms with Crippen molar-refractivity contribution in [3.63, 3.8) is 0 Å². The van der Waals surface area contributed by atoms with E-state index in [4.69, 9.17) is 21.4 Å². The summed E-state index contributed by atoms with van der Waals surface area (Å²) in [6, 6.07) is 0. The van der Waals surface area contributed by atoms with Gasteiger partial charge in [-0.15, -0.1) is 0 Å². The number of halogens is 1. The van der Waals surface area contributed by atoms with E-state index < -0.39 is 5.56 Å². The molecule has 2 N–H and O–H groups in total. The Morgan fingerprint density at radius 3 is 3.00 bits per heavy atom. The fraction of sp³-hybridized carbons (Fsp3) is 0.636. The monoisotopic (exact) mass is 275 g/mol. The molecular formula is C11H18ClN3O3. The van der Waals surface area contributed by atoms with Gasteiger partial charge in [0.1, 0.15) is 5.02 Å². The number of anilines is 1. The molecule has 0 radical (unpaired) electrons. The third-order valence-electron chi connectivity index (χ3n) is 2.33. The van der Waals surface area contributed by atoms with E-state index in [0.29, 0.717) is 18.8 Å². The summed E-state index contributed by atoms with van der Waals surface area (Å²) in [6.45, 7) is 4.99. The number of hydrogen-bond acceptors (Lipinski definition) is 5. The molecule has 0 bridgehead atoms. The summed E-state index contributed by atoms with van der Waals surface area (Å²) >= 11 is 5.94. The maximum absolute atomic E-state index is 11.7. The highest BCUT2D eigenvalue weighted by molar-refractivity contribution is 6.32. The number of nitrogens with one attached hydrogen (secondary N) is 1. The normalized spacial score (nSPS) is 12.4. The van der Waals surface area contributed by atoms with Crippen LogP contribution in [-0.2, 0) is 11.3 Å². The van der Waals surface area contributed by atoms with E-state index in [2.05, 4.69) is 10.4 Å². The zero-order valence-corrected chi connectivity index (χ0v) is 11.3. The first kappa shape index (κ1) is 14.9. The van der Waals surface area contributed by atoms with Gasteiger partial charge in [0, 0.05) is 13.2 Å². The van der Waals surface area contributed by atoms with Crippen LogP contribution in [0.1, 0.15) is 13.8 Å². The SMILES string of the molecule is CCOC(C)CNc1cnn(CCO)c(=O)c1Cl. The van der Waals surface area contributed by atoms with Crippen LogP contribution in [-0.4, -0.2) is 40.7 Å². The van der Waals surface area contributed by atoms with Gasteiger partial charge in [0.05, 0.1) is 31.1 Å². The standard InChI is InChI=1S/C11H18ClN3O3/c1-3-18-8(2)6-13-9-7-14-15(4-5-16)11(17)10(9)12/h7-8,13,16H,3-6H2,1-2H3. The van der Waals surface area contributed by atoms with Gasteiger partial charge >= 0.3 is 0 Å². The van der Waals surface area contributed by atoms with Gasteiger partial charge in [-0.25, -0.2) is 4.68 Å². The Bertz CT molecular complexity index is 436. The molecule has 18 heavy (non-hydrogen) atoms. The number of nitrogens with zero attached hydrogens (tertiary/aromatic N) is 2. The van der Waals surface area contributed by atoms with Crippen LogP contribution in [0.4, 0.5) is 5.69 Å². The summed E-state index contributed by atoms with van der Waals surface area (Å²) in [5.74, 6) is 0. The van der Waals surface area contributed by atoms with Gasteiger partial charge in [0.15, 0.2) is 0 Å². The lowest BCUT2D eigenvalue weighted by Gasteiger charge is -2.14. The molecule has 0 aliphatic carbocycles. The van der Waals surface area contributed by atoms with Gasteiger partial charge in [-0.05, 0) is 13.8 Å². The van der Waals surface area contributed by atoms with Crippen LogP contribution in [0.5, 0.6) is 0 Å². The lowest BCUT2D eigenvalue weighted by Crippen LogP contribution is -2.27. The van der Waals surface area contributed by atoms with Crippen LogP contribution >= 0.6 is 11.6 Å². The smallest absolute Gasteiger partial charge is 0.287 e. The molecule has 1 atom stereocenters. The second-order valence-electron chi connectivity index (χ2n) is 3.77. The molecule has 1 aromatic heterocycles. The van der Waals surface area contributed by atoms with Crippen molar-refractivity contribution in [3.05, 3.63) is 21.6 Å². The summed E-state index contributed by atoms with van der Waals surface area (Å²) in [4.78, 5) is 11.7. The van der Waals surface area contributed by atoms with Crippen LogP contribution in [0.25, 0.3) is 0 Å². The van der Waals surface area contributed by atoms with Crippen molar-refractivity contribution in [1.82, 2.24) is 9.78 Å². The Labute approximate surface area is 111 Å². The summed E-state index contributed by atoms with van der Waals surface area (Å²) < 4.78 is 6.48. The molecule has 1 rings (SSSR count). The first-order valence-electron chi connectivity index (χ1n) is 5.82. The predicted molar refractivity (Wildman–Crippen MR) is 70.2 cm³/mol. The van der Waals surface area contributed by atoms with Gasteiger partial charge in [-0.1, -0.05) is 11.6 Å². The molecule has 1 heterocycles. The second kappa shape index (κ2) is 7.35. The Morgan fingerprint density at radius 1 is 1.67 bits per heavy atom. The molecule has 0 saturated carbocycles. The molecule has 6 nitrogen and oxygen atoms in total. The lowest BCUT2D eigenvalue weighted by molar-refractivity contribution is 0.0855. The van der Waals surface area contributed by atoms with E-state index in [9.17, 15) is 4.79 Å². The van der Waals surface area contributed by atoms with E-state index in [1.165, 1.54) is 6.20 Å². The zero-order chi connectivity index (χ0) is 13.5. The predicted octanol–water partition coefficient (Wildman–Crippen LogP) is 0.726. The van der Waals surface area contributed by atoms with Gasteiger partial charge in [0.2, 0.25) is 0 Å². The largest absolute Gasteiger partial charge is 0.394 e. The summed E-state index contributed by atoms with van der Waals surface area (Å²) in [6.07, 6.45) is 1.49. The van der Waals surface area contributed by atoms with Gasteiger partial charge in [-0.3, -0.25) is 4.79 Å². The summed E-state index contributed by atoms with van der Waals surface area (Å²) in [7, 11) is 0. The van der Waals surface area contributed by atoms with E-state index in [1.807, 2.05) is 13.8 Å². The Morgan fingerprint density at radius 2 is 2.39 bits per heavy atom. The fourth-order valence-electron chi connectivity index (χ4n) is 1.44. The van der Waals surface area contributed by atoms with Crippen molar-refractivity contribution < 1.29 is 9.84 Å². The minimum absolute atomic E-state index is 0.0194. The number of aliphatic hydroxyl groups excluding tert-OH is 1. The molecule has 0 fully saturated rings. The molecule has 0 spiro atoms. The Kier molecular flexibility index (Phi) is 6.11. The Balaban J connectivity index is 2.73. The number of rotatable bonds is 7. The molecular weight excluding hydrogens is 258 g/mol. The maximum atomic E-state index is 11.7. The number of ether oxygens (including phenoxy) is 1. The molecule has 0 aromatic carbocycles. The highest BCUT2D eigenvalue weighted by Crippen LogP contribution is 2.15. The molecule has 0 saturated heterocycles. The third kappa shape index (κ3) is 3.97. The zero-order valence-electron chi connectivity index (χ0n) is 10.5. The number of aromatic nitrogens is 2. The molecule has 0 aliphatic heterocycles. The summed E-state index contributed by atoms with van der Waals surface area (Å²) in [5.41, 5.74) is 0.0576. The molecule has 1 aromatic rings. The van der Waals surface area contributed by atoms with Crippen molar-refractivity contribution in [3.8, 4) is 0 Å². The van der Waals surface area contributed by atoms with E-state index >= 15 is 0 Å².